The van der Waals surface area contributed by atoms with E-state index in [-0.39, 0.29) is 5.91 Å². The van der Waals surface area contributed by atoms with E-state index in [0.717, 1.165) is 22.6 Å². The van der Waals surface area contributed by atoms with Gasteiger partial charge in [0.15, 0.2) is 0 Å². The number of hydrogen-bond donors (Lipinski definition) is 2. The highest BCUT2D eigenvalue weighted by molar-refractivity contribution is 7.14. The van der Waals surface area contributed by atoms with E-state index in [0.29, 0.717) is 11.7 Å². The topological polar surface area (TPSA) is 55.1 Å². The molecule has 3 N–H and O–H groups in total. The van der Waals surface area contributed by atoms with Gasteiger partial charge < -0.3 is 11.1 Å². The van der Waals surface area contributed by atoms with E-state index in [1.54, 1.807) is 6.07 Å². The van der Waals surface area contributed by atoms with E-state index >= 15 is 0 Å². The van der Waals surface area contributed by atoms with Crippen molar-refractivity contribution in [1.29, 1.82) is 0 Å². The smallest absolute Gasteiger partial charge is 0.261 e. The minimum Gasteiger partial charge on any atom is -0.398 e. The molecule has 0 radical (unpaired) electrons. The maximum atomic E-state index is 11.7. The first kappa shape index (κ1) is 9.52. The molecule has 4 heteroatoms. The molecule has 0 bridgehead atoms. The Morgan fingerprint density at radius 1 is 1.64 bits per heavy atom. The van der Waals surface area contributed by atoms with Crippen LogP contribution in [0.15, 0.2) is 6.07 Å². The normalized spacial score (nSPS) is 16.4. The summed E-state index contributed by atoms with van der Waals surface area (Å²) in [6.07, 6.45) is 3.47. The largest absolute Gasteiger partial charge is 0.398 e. The minimum absolute atomic E-state index is 0.0273. The average Bonchev–Trinajstić information content (AvgIpc) is 2.40. The van der Waals surface area contributed by atoms with Crippen molar-refractivity contribution in [2.75, 3.05) is 5.73 Å². The molecule has 1 aliphatic rings. The molecule has 76 valence electrons. The van der Waals surface area contributed by atoms with E-state index in [9.17, 15) is 4.79 Å². The quantitative estimate of drug-likeness (QED) is 0.783. The van der Waals surface area contributed by atoms with Gasteiger partial charge in [-0.2, -0.15) is 0 Å². The Kier molecular flexibility index (Phi) is 2.46. The fourth-order valence-electron chi connectivity index (χ4n) is 1.42. The van der Waals surface area contributed by atoms with Crippen LogP contribution in [-0.4, -0.2) is 11.9 Å². The molecule has 2 rings (SSSR count). The van der Waals surface area contributed by atoms with Crippen molar-refractivity contribution < 1.29 is 4.79 Å². The second-order valence-corrected chi connectivity index (χ2v) is 4.98. The molecule has 0 aromatic carbocycles. The van der Waals surface area contributed by atoms with Crippen LogP contribution >= 0.6 is 11.3 Å². The number of anilines is 1. The van der Waals surface area contributed by atoms with E-state index in [1.807, 2.05) is 6.92 Å². The highest BCUT2D eigenvalue weighted by atomic mass is 32.1. The van der Waals surface area contributed by atoms with Crippen molar-refractivity contribution in [3.05, 3.63) is 15.8 Å². The SMILES string of the molecule is Cc1sc(C(=O)NC2CCC2)cc1N. The van der Waals surface area contributed by atoms with Gasteiger partial charge >= 0.3 is 0 Å². The standard InChI is InChI=1S/C10H14N2OS/c1-6-8(11)5-9(14-6)10(13)12-7-3-2-4-7/h5,7H,2-4,11H2,1H3,(H,12,13). The van der Waals surface area contributed by atoms with Crippen molar-refractivity contribution >= 4 is 22.9 Å². The molecule has 0 saturated heterocycles. The molecule has 1 heterocycles. The fraction of sp³-hybridized carbons (Fsp3) is 0.500. The summed E-state index contributed by atoms with van der Waals surface area (Å²) in [4.78, 5) is 13.4. The maximum Gasteiger partial charge on any atom is 0.261 e. The Morgan fingerprint density at radius 2 is 2.36 bits per heavy atom. The van der Waals surface area contributed by atoms with Gasteiger partial charge in [-0.05, 0) is 32.3 Å². The van der Waals surface area contributed by atoms with E-state index < -0.39 is 0 Å². The summed E-state index contributed by atoms with van der Waals surface area (Å²) in [5.41, 5.74) is 6.40. The van der Waals surface area contributed by atoms with Crippen molar-refractivity contribution in [3.63, 3.8) is 0 Å². The maximum absolute atomic E-state index is 11.7. The van der Waals surface area contributed by atoms with Crippen LogP contribution < -0.4 is 11.1 Å². The molecule has 1 aliphatic carbocycles. The number of thiophene rings is 1. The number of hydrogen-bond acceptors (Lipinski definition) is 3. The Morgan fingerprint density at radius 3 is 2.79 bits per heavy atom. The fourth-order valence-corrected chi connectivity index (χ4v) is 2.26. The number of rotatable bonds is 2. The predicted molar refractivity (Wildman–Crippen MR) is 58.6 cm³/mol. The number of amides is 1. The Bertz CT molecular complexity index is 336. The van der Waals surface area contributed by atoms with Crippen LogP contribution in [0.4, 0.5) is 5.69 Å². The number of nitrogens with two attached hydrogens (primary N) is 1. The van der Waals surface area contributed by atoms with E-state index in [1.165, 1.54) is 17.8 Å². The van der Waals surface area contributed by atoms with Gasteiger partial charge in [-0.3, -0.25) is 4.79 Å². The van der Waals surface area contributed by atoms with Crippen LogP contribution in [-0.2, 0) is 0 Å². The second-order valence-electron chi connectivity index (χ2n) is 3.72. The lowest BCUT2D eigenvalue weighted by atomic mass is 9.93. The first-order valence-electron chi connectivity index (χ1n) is 4.83. The van der Waals surface area contributed by atoms with Crippen molar-refractivity contribution in [2.24, 2.45) is 0 Å². The number of nitrogen functional groups attached to an aromatic ring is 1. The lowest BCUT2D eigenvalue weighted by Gasteiger charge is -2.25. The van der Waals surface area contributed by atoms with Crippen LogP contribution in [0, 0.1) is 6.92 Å². The van der Waals surface area contributed by atoms with Gasteiger partial charge in [0.05, 0.1) is 4.88 Å². The van der Waals surface area contributed by atoms with E-state index in [4.69, 9.17) is 5.73 Å². The monoisotopic (exact) mass is 210 g/mol. The van der Waals surface area contributed by atoms with Gasteiger partial charge in [-0.25, -0.2) is 0 Å². The number of nitrogens with one attached hydrogen (secondary N) is 1. The molecule has 1 aromatic rings. The van der Waals surface area contributed by atoms with Crippen LogP contribution in [0.2, 0.25) is 0 Å². The second kappa shape index (κ2) is 3.61. The summed E-state index contributed by atoms with van der Waals surface area (Å²) in [5.74, 6) is 0.0273. The van der Waals surface area contributed by atoms with Crippen LogP contribution in [0.3, 0.4) is 0 Å². The third-order valence-electron chi connectivity index (χ3n) is 2.62. The molecule has 1 amide bonds. The molecule has 0 unspecified atom stereocenters. The zero-order valence-corrected chi connectivity index (χ0v) is 8.99. The lowest BCUT2D eigenvalue weighted by molar-refractivity contribution is 0.0921. The third kappa shape index (κ3) is 1.75. The summed E-state index contributed by atoms with van der Waals surface area (Å²) in [7, 11) is 0. The summed E-state index contributed by atoms with van der Waals surface area (Å²) in [6, 6.07) is 2.15. The van der Waals surface area contributed by atoms with Crippen LogP contribution in [0.5, 0.6) is 0 Å². The minimum atomic E-state index is 0.0273. The molecule has 1 fully saturated rings. The first-order valence-corrected chi connectivity index (χ1v) is 5.65. The van der Waals surface area contributed by atoms with Gasteiger partial charge in [-0.1, -0.05) is 0 Å². The number of carbonyl (C=O) groups is 1. The first-order chi connectivity index (χ1) is 6.66. The molecule has 14 heavy (non-hydrogen) atoms. The van der Waals surface area contributed by atoms with Crippen molar-refractivity contribution in [1.82, 2.24) is 5.32 Å². The van der Waals surface area contributed by atoms with Crippen LogP contribution in [0.25, 0.3) is 0 Å². The highest BCUT2D eigenvalue weighted by Crippen LogP contribution is 2.24. The van der Waals surface area contributed by atoms with Gasteiger partial charge in [-0.15, -0.1) is 11.3 Å². The van der Waals surface area contributed by atoms with Gasteiger partial charge in [0, 0.05) is 16.6 Å². The Labute approximate surface area is 87.3 Å². The third-order valence-corrected chi connectivity index (χ3v) is 3.69. The number of carbonyl (C=O) groups excluding carboxylic acids is 1. The molecular weight excluding hydrogens is 196 g/mol. The highest BCUT2D eigenvalue weighted by Gasteiger charge is 2.21. The Hall–Kier alpha value is -1.03. The van der Waals surface area contributed by atoms with E-state index in [2.05, 4.69) is 5.32 Å². The van der Waals surface area contributed by atoms with Gasteiger partial charge in [0.25, 0.3) is 5.91 Å². The van der Waals surface area contributed by atoms with Gasteiger partial charge in [0.2, 0.25) is 0 Å². The zero-order valence-electron chi connectivity index (χ0n) is 8.17. The molecule has 3 nitrogen and oxygen atoms in total. The Balaban J connectivity index is 2.02. The molecule has 0 aliphatic heterocycles. The average molecular weight is 210 g/mol. The molecule has 0 atom stereocenters. The summed E-state index contributed by atoms with van der Waals surface area (Å²) < 4.78 is 0. The number of aryl methyl sites for hydroxylation is 1. The molecule has 0 spiro atoms. The lowest BCUT2D eigenvalue weighted by Crippen LogP contribution is -2.39. The van der Waals surface area contributed by atoms with Gasteiger partial charge in [0.1, 0.15) is 0 Å². The van der Waals surface area contributed by atoms with Crippen molar-refractivity contribution in [3.8, 4) is 0 Å². The van der Waals surface area contributed by atoms with Crippen molar-refractivity contribution in [2.45, 2.75) is 32.2 Å². The summed E-state index contributed by atoms with van der Waals surface area (Å²) in [6.45, 7) is 1.93. The molecule has 1 aromatic heterocycles. The predicted octanol–water partition coefficient (Wildman–Crippen LogP) is 1.92. The zero-order chi connectivity index (χ0) is 10.1. The summed E-state index contributed by atoms with van der Waals surface area (Å²) in [5, 5.41) is 2.99. The molecular formula is C10H14N2OS. The summed E-state index contributed by atoms with van der Waals surface area (Å²) >= 11 is 1.46. The molecule has 1 saturated carbocycles. The van der Waals surface area contributed by atoms with Crippen LogP contribution in [0.1, 0.15) is 33.8 Å².